The minimum Gasteiger partial charge on any atom is -0.398 e. The van der Waals surface area contributed by atoms with Crippen molar-refractivity contribution in [3.8, 4) is 6.07 Å². The largest absolute Gasteiger partial charge is 0.398 e. The van der Waals surface area contributed by atoms with Crippen LogP contribution in [0, 0.1) is 22.7 Å². The fourth-order valence-corrected chi connectivity index (χ4v) is 1.31. The number of nitrogens with two attached hydrogens (primary N) is 1. The van der Waals surface area contributed by atoms with Gasteiger partial charge in [-0.05, 0) is 29.5 Å². The van der Waals surface area contributed by atoms with E-state index in [1.807, 2.05) is 12.1 Å². The fourth-order valence-electron chi connectivity index (χ4n) is 1.31. The molecule has 0 fully saturated rings. The van der Waals surface area contributed by atoms with E-state index in [-0.39, 0.29) is 5.41 Å². The first-order valence-corrected chi connectivity index (χ1v) is 5.90. The fraction of sp³-hybridized carbons (Fsp3) is 0.500. The van der Waals surface area contributed by atoms with Crippen molar-refractivity contribution in [3.05, 3.63) is 23.8 Å². The highest BCUT2D eigenvalue weighted by molar-refractivity contribution is 5.62. The summed E-state index contributed by atoms with van der Waals surface area (Å²) in [6.45, 7) is 9.79. The molecule has 0 aliphatic carbocycles. The molecule has 1 aromatic carbocycles. The molecule has 0 spiro atoms. The number of anilines is 2. The van der Waals surface area contributed by atoms with Gasteiger partial charge < -0.3 is 11.1 Å². The summed E-state index contributed by atoms with van der Waals surface area (Å²) >= 11 is 0. The normalized spacial score (nSPS) is 11.3. The van der Waals surface area contributed by atoms with Crippen LogP contribution in [0.1, 0.15) is 33.3 Å². The first kappa shape index (κ1) is 13.4. The third-order valence-corrected chi connectivity index (χ3v) is 3.48. The predicted molar refractivity (Wildman–Crippen MR) is 72.7 cm³/mol. The average molecular weight is 231 g/mol. The Hall–Kier alpha value is -1.69. The zero-order chi connectivity index (χ0) is 13.1. The zero-order valence-corrected chi connectivity index (χ0v) is 11.0. The first-order valence-electron chi connectivity index (χ1n) is 5.90. The number of nitrogens with one attached hydrogen (secondary N) is 1. The van der Waals surface area contributed by atoms with Crippen LogP contribution in [0.2, 0.25) is 0 Å². The minimum absolute atomic E-state index is 0.225. The van der Waals surface area contributed by atoms with E-state index in [0.29, 0.717) is 17.2 Å². The summed E-state index contributed by atoms with van der Waals surface area (Å²) < 4.78 is 0. The van der Waals surface area contributed by atoms with Crippen molar-refractivity contribution in [2.24, 2.45) is 11.3 Å². The van der Waals surface area contributed by atoms with Crippen LogP contribution in [0.5, 0.6) is 0 Å². The van der Waals surface area contributed by atoms with Gasteiger partial charge in [-0.2, -0.15) is 5.26 Å². The maximum atomic E-state index is 8.79. The van der Waals surface area contributed by atoms with Gasteiger partial charge in [-0.15, -0.1) is 0 Å². The molecule has 0 aliphatic rings. The monoisotopic (exact) mass is 231 g/mol. The number of nitriles is 1. The van der Waals surface area contributed by atoms with Gasteiger partial charge in [-0.3, -0.25) is 0 Å². The second-order valence-electron chi connectivity index (χ2n) is 5.41. The molecular formula is C14H21N3. The Labute approximate surface area is 104 Å². The summed E-state index contributed by atoms with van der Waals surface area (Å²) in [6.07, 6.45) is 0. The van der Waals surface area contributed by atoms with Crippen LogP contribution in [0.25, 0.3) is 0 Å². The quantitative estimate of drug-likeness (QED) is 0.782. The van der Waals surface area contributed by atoms with Crippen LogP contribution in [0.4, 0.5) is 11.4 Å². The number of nitrogen functional groups attached to an aromatic ring is 1. The predicted octanol–water partition coefficient (Wildman–Crippen LogP) is 3.23. The molecule has 0 saturated carbocycles. The van der Waals surface area contributed by atoms with Gasteiger partial charge in [-0.1, -0.05) is 27.7 Å². The number of rotatable bonds is 4. The first-order chi connectivity index (χ1) is 7.86. The van der Waals surface area contributed by atoms with E-state index >= 15 is 0 Å². The lowest BCUT2D eigenvalue weighted by molar-refractivity contribution is 0.270. The van der Waals surface area contributed by atoms with E-state index in [1.54, 1.807) is 6.07 Å². The summed E-state index contributed by atoms with van der Waals surface area (Å²) in [5.74, 6) is 0.603. The molecule has 0 aromatic heterocycles. The van der Waals surface area contributed by atoms with E-state index in [2.05, 4.69) is 39.1 Å². The highest BCUT2D eigenvalue weighted by Gasteiger charge is 2.21. The topological polar surface area (TPSA) is 61.8 Å². The van der Waals surface area contributed by atoms with Gasteiger partial charge in [0.05, 0.1) is 11.3 Å². The standard InChI is InChI=1S/C14H21N3/c1-10(2)14(3,4)9-17-12-6-5-11(8-15)13(16)7-12/h5-7,10,17H,9,16H2,1-4H3. The molecular weight excluding hydrogens is 210 g/mol. The van der Waals surface area contributed by atoms with Crippen molar-refractivity contribution in [1.29, 1.82) is 5.26 Å². The van der Waals surface area contributed by atoms with E-state index in [9.17, 15) is 0 Å². The molecule has 3 heteroatoms. The minimum atomic E-state index is 0.225. The summed E-state index contributed by atoms with van der Waals surface area (Å²) in [5, 5.41) is 12.2. The highest BCUT2D eigenvalue weighted by atomic mass is 14.9. The summed E-state index contributed by atoms with van der Waals surface area (Å²) in [7, 11) is 0. The van der Waals surface area contributed by atoms with E-state index in [0.717, 1.165) is 12.2 Å². The molecule has 92 valence electrons. The SMILES string of the molecule is CC(C)C(C)(C)CNc1ccc(C#N)c(N)c1. The molecule has 1 rings (SSSR count). The van der Waals surface area contributed by atoms with Crippen molar-refractivity contribution in [3.63, 3.8) is 0 Å². The van der Waals surface area contributed by atoms with Crippen molar-refractivity contribution in [2.45, 2.75) is 27.7 Å². The van der Waals surface area contributed by atoms with Crippen LogP contribution in [0.3, 0.4) is 0 Å². The maximum absolute atomic E-state index is 8.79. The van der Waals surface area contributed by atoms with Gasteiger partial charge in [0.15, 0.2) is 0 Å². The molecule has 0 heterocycles. The Kier molecular flexibility index (Phi) is 4.01. The maximum Gasteiger partial charge on any atom is 0.101 e. The van der Waals surface area contributed by atoms with Crippen LogP contribution in [-0.2, 0) is 0 Å². The summed E-state index contributed by atoms with van der Waals surface area (Å²) in [4.78, 5) is 0. The molecule has 0 saturated heterocycles. The second-order valence-corrected chi connectivity index (χ2v) is 5.41. The van der Waals surface area contributed by atoms with E-state index < -0.39 is 0 Å². The highest BCUT2D eigenvalue weighted by Crippen LogP contribution is 2.27. The lowest BCUT2D eigenvalue weighted by Gasteiger charge is -2.29. The third kappa shape index (κ3) is 3.39. The molecule has 1 aromatic rings. The van der Waals surface area contributed by atoms with E-state index in [4.69, 9.17) is 11.0 Å². The van der Waals surface area contributed by atoms with Gasteiger partial charge in [0, 0.05) is 12.2 Å². The third-order valence-electron chi connectivity index (χ3n) is 3.48. The summed E-state index contributed by atoms with van der Waals surface area (Å²) in [6, 6.07) is 7.52. The van der Waals surface area contributed by atoms with Gasteiger partial charge in [0.1, 0.15) is 6.07 Å². The lowest BCUT2D eigenvalue weighted by atomic mass is 9.81. The molecule has 0 unspecified atom stereocenters. The molecule has 17 heavy (non-hydrogen) atoms. The van der Waals surface area contributed by atoms with Crippen LogP contribution in [-0.4, -0.2) is 6.54 Å². The molecule has 0 atom stereocenters. The van der Waals surface area contributed by atoms with Gasteiger partial charge >= 0.3 is 0 Å². The number of benzene rings is 1. The molecule has 3 N–H and O–H groups in total. The molecule has 0 amide bonds. The Morgan fingerprint density at radius 1 is 1.41 bits per heavy atom. The molecule has 0 aliphatic heterocycles. The van der Waals surface area contributed by atoms with Crippen LogP contribution in [0.15, 0.2) is 18.2 Å². The Balaban J connectivity index is 2.72. The Morgan fingerprint density at radius 2 is 2.06 bits per heavy atom. The van der Waals surface area contributed by atoms with Gasteiger partial charge in [-0.25, -0.2) is 0 Å². The summed E-state index contributed by atoms with van der Waals surface area (Å²) in [5.41, 5.74) is 8.02. The van der Waals surface area contributed by atoms with Gasteiger partial charge in [0.25, 0.3) is 0 Å². The molecule has 0 bridgehead atoms. The molecule has 0 radical (unpaired) electrons. The average Bonchev–Trinajstić information content (AvgIpc) is 2.26. The smallest absolute Gasteiger partial charge is 0.101 e. The second kappa shape index (κ2) is 5.09. The van der Waals surface area contributed by atoms with Crippen molar-refractivity contribution < 1.29 is 0 Å². The Morgan fingerprint density at radius 3 is 2.53 bits per heavy atom. The Bertz CT molecular complexity index is 428. The van der Waals surface area contributed by atoms with Crippen LogP contribution >= 0.6 is 0 Å². The number of hydrogen-bond acceptors (Lipinski definition) is 3. The van der Waals surface area contributed by atoms with Crippen molar-refractivity contribution in [1.82, 2.24) is 0 Å². The molecule has 3 nitrogen and oxygen atoms in total. The van der Waals surface area contributed by atoms with Crippen molar-refractivity contribution in [2.75, 3.05) is 17.6 Å². The van der Waals surface area contributed by atoms with Gasteiger partial charge in [0.2, 0.25) is 0 Å². The number of nitrogens with zero attached hydrogens (tertiary/aromatic N) is 1. The lowest BCUT2D eigenvalue weighted by Crippen LogP contribution is -2.28. The zero-order valence-electron chi connectivity index (χ0n) is 11.0. The van der Waals surface area contributed by atoms with E-state index in [1.165, 1.54) is 0 Å². The van der Waals surface area contributed by atoms with Crippen molar-refractivity contribution >= 4 is 11.4 Å². The van der Waals surface area contributed by atoms with Crippen LogP contribution < -0.4 is 11.1 Å². The number of hydrogen-bond donors (Lipinski definition) is 2.